The second kappa shape index (κ2) is 5.70. The van der Waals surface area contributed by atoms with Crippen LogP contribution >= 0.6 is 0 Å². The van der Waals surface area contributed by atoms with Crippen molar-refractivity contribution in [1.29, 1.82) is 0 Å². The topological polar surface area (TPSA) is 84.0 Å². The van der Waals surface area contributed by atoms with Crippen LogP contribution in [0.5, 0.6) is 5.75 Å². The molecule has 94 valence electrons. The van der Waals surface area contributed by atoms with Crippen LogP contribution in [0.25, 0.3) is 10.4 Å². The third-order valence-corrected chi connectivity index (χ3v) is 1.68. The fraction of sp³-hybridized carbons (Fsp3) is 0.200. The van der Waals surface area contributed by atoms with Crippen LogP contribution in [0.2, 0.25) is 0 Å². The quantitative estimate of drug-likeness (QED) is 0.290. The van der Waals surface area contributed by atoms with Gasteiger partial charge in [-0.1, -0.05) is 17.0 Å². The number of rotatable bonds is 2. The van der Waals surface area contributed by atoms with Gasteiger partial charge in [-0.3, -0.25) is 0 Å². The molecule has 0 aliphatic rings. The first-order chi connectivity index (χ1) is 8.42. The molecule has 0 amide bonds. The maximum Gasteiger partial charge on any atom is 0.573 e. The summed E-state index contributed by atoms with van der Waals surface area (Å²) >= 11 is 0. The van der Waals surface area contributed by atoms with Gasteiger partial charge >= 0.3 is 6.36 Å². The Bertz CT molecular complexity index is 538. The Hall–Kier alpha value is -2.52. The number of alkyl halides is 3. The largest absolute Gasteiger partial charge is 0.573 e. The molecule has 0 bridgehead atoms. The zero-order valence-corrected chi connectivity index (χ0v) is 8.90. The van der Waals surface area contributed by atoms with E-state index in [4.69, 9.17) is 11.3 Å². The summed E-state index contributed by atoms with van der Waals surface area (Å²) in [7, 11) is 0. The van der Waals surface area contributed by atoms with Crippen molar-refractivity contribution >= 4 is 5.69 Å². The zero-order valence-electron chi connectivity index (χ0n) is 8.90. The minimum absolute atomic E-state index is 0.0305. The number of benzene rings is 1. The molecule has 1 aromatic rings. The van der Waals surface area contributed by atoms with Crippen LogP contribution < -0.4 is 10.5 Å². The summed E-state index contributed by atoms with van der Waals surface area (Å²) in [6.45, 7) is -0.0305. The van der Waals surface area contributed by atoms with Crippen LogP contribution in [-0.2, 0) is 0 Å². The van der Waals surface area contributed by atoms with Gasteiger partial charge in [0.1, 0.15) is 0 Å². The predicted molar refractivity (Wildman–Crippen MR) is 58.4 cm³/mol. The summed E-state index contributed by atoms with van der Waals surface area (Å²) in [5.74, 6) is 4.60. The molecule has 2 N–H and O–H groups in total. The molecule has 0 aliphatic heterocycles. The average molecular weight is 256 g/mol. The summed E-state index contributed by atoms with van der Waals surface area (Å²) < 4.78 is 39.6. The molecule has 0 saturated heterocycles. The molecule has 0 radical (unpaired) electrons. The van der Waals surface area contributed by atoms with Crippen LogP contribution in [0.4, 0.5) is 18.9 Å². The van der Waals surface area contributed by atoms with Crippen molar-refractivity contribution in [3.63, 3.8) is 0 Å². The number of anilines is 1. The predicted octanol–water partition coefficient (Wildman–Crippen LogP) is 2.83. The third kappa shape index (κ3) is 4.55. The molecule has 18 heavy (non-hydrogen) atoms. The van der Waals surface area contributed by atoms with E-state index in [-0.39, 0.29) is 12.2 Å². The maximum atomic E-state index is 12.0. The van der Waals surface area contributed by atoms with Crippen molar-refractivity contribution in [1.82, 2.24) is 0 Å². The molecule has 0 atom stereocenters. The molecule has 8 heteroatoms. The number of nitrogens with zero attached hydrogens (tertiary/aromatic N) is 3. The zero-order chi connectivity index (χ0) is 13.6. The van der Waals surface area contributed by atoms with Crippen molar-refractivity contribution < 1.29 is 17.9 Å². The lowest BCUT2D eigenvalue weighted by Crippen LogP contribution is -2.18. The lowest BCUT2D eigenvalue weighted by atomic mass is 10.2. The average Bonchev–Trinajstić information content (AvgIpc) is 2.26. The monoisotopic (exact) mass is 256 g/mol. The van der Waals surface area contributed by atoms with Crippen LogP contribution in [0.1, 0.15) is 5.56 Å². The minimum atomic E-state index is -4.79. The van der Waals surface area contributed by atoms with Gasteiger partial charge in [0.25, 0.3) is 0 Å². The van der Waals surface area contributed by atoms with Crippen molar-refractivity contribution in [2.75, 3.05) is 12.3 Å². The Morgan fingerprint density at radius 2 is 2.17 bits per heavy atom. The molecular weight excluding hydrogens is 249 g/mol. The Morgan fingerprint density at radius 1 is 1.44 bits per heavy atom. The van der Waals surface area contributed by atoms with E-state index in [2.05, 4.69) is 26.6 Å². The molecule has 5 nitrogen and oxygen atoms in total. The standard InChI is InChI=1S/C10H7F3N4O/c11-10(12,13)18-9-4-3-7(6-8(9)14)2-1-5-16-17-15/h3-4,6H,5,14H2. The van der Waals surface area contributed by atoms with Crippen LogP contribution in [0.3, 0.4) is 0 Å². The highest BCUT2D eigenvalue weighted by Gasteiger charge is 2.31. The maximum absolute atomic E-state index is 12.0. The number of nitrogen functional groups attached to an aromatic ring is 1. The molecule has 0 aliphatic carbocycles. The number of azide groups is 1. The first kappa shape index (κ1) is 13.5. The van der Waals surface area contributed by atoms with Gasteiger partial charge in [0.05, 0.1) is 12.2 Å². The number of halogens is 3. The van der Waals surface area contributed by atoms with E-state index in [9.17, 15) is 13.2 Å². The van der Waals surface area contributed by atoms with Crippen LogP contribution in [0, 0.1) is 11.8 Å². The van der Waals surface area contributed by atoms with Crippen molar-refractivity contribution in [3.05, 3.63) is 34.2 Å². The summed E-state index contributed by atoms with van der Waals surface area (Å²) in [6.07, 6.45) is -4.79. The van der Waals surface area contributed by atoms with Gasteiger partial charge in [-0.2, -0.15) is 0 Å². The Morgan fingerprint density at radius 3 is 2.72 bits per heavy atom. The summed E-state index contributed by atoms with van der Waals surface area (Å²) in [5, 5.41) is 3.18. The SMILES string of the molecule is [N-]=[N+]=NCC#Cc1ccc(OC(F)(F)F)c(N)c1. The Kier molecular flexibility index (Phi) is 4.29. The third-order valence-electron chi connectivity index (χ3n) is 1.68. The number of hydrogen-bond donors (Lipinski definition) is 1. The normalized spacial score (nSPS) is 9.94. The highest BCUT2D eigenvalue weighted by atomic mass is 19.4. The Labute approximate surface area is 100.0 Å². The van der Waals surface area contributed by atoms with E-state index in [0.29, 0.717) is 5.56 Å². The summed E-state index contributed by atoms with van der Waals surface area (Å²) in [5.41, 5.74) is 13.6. The highest BCUT2D eigenvalue weighted by molar-refractivity contribution is 5.57. The van der Waals surface area contributed by atoms with Gasteiger partial charge in [-0.05, 0) is 23.7 Å². The molecule has 1 aromatic carbocycles. The summed E-state index contributed by atoms with van der Waals surface area (Å²) in [4.78, 5) is 2.49. The van der Waals surface area contributed by atoms with Gasteiger partial charge in [0.15, 0.2) is 5.75 Å². The van der Waals surface area contributed by atoms with Crippen molar-refractivity contribution in [2.45, 2.75) is 6.36 Å². The first-order valence-corrected chi connectivity index (χ1v) is 4.57. The molecule has 0 spiro atoms. The number of nitrogens with two attached hydrogens (primary N) is 1. The van der Waals surface area contributed by atoms with Crippen molar-refractivity contribution in [3.8, 4) is 17.6 Å². The molecule has 0 unspecified atom stereocenters. The van der Waals surface area contributed by atoms with E-state index in [0.717, 1.165) is 6.07 Å². The van der Waals surface area contributed by atoms with Crippen LogP contribution in [0.15, 0.2) is 23.3 Å². The van der Waals surface area contributed by atoms with E-state index < -0.39 is 12.1 Å². The van der Waals surface area contributed by atoms with Gasteiger partial charge in [-0.15, -0.1) is 13.2 Å². The fourth-order valence-electron chi connectivity index (χ4n) is 1.05. The van der Waals surface area contributed by atoms with Gasteiger partial charge in [-0.25, -0.2) is 0 Å². The molecule has 1 rings (SSSR count). The molecule has 0 heterocycles. The molecule has 0 saturated carbocycles. The van der Waals surface area contributed by atoms with E-state index in [1.807, 2.05) is 0 Å². The van der Waals surface area contributed by atoms with Gasteiger partial charge < -0.3 is 10.5 Å². The molecule has 0 aromatic heterocycles. The second-order valence-corrected chi connectivity index (χ2v) is 2.99. The molecular formula is C10H7F3N4O. The highest BCUT2D eigenvalue weighted by Crippen LogP contribution is 2.28. The molecule has 0 fully saturated rings. The van der Waals surface area contributed by atoms with Gasteiger partial charge in [0.2, 0.25) is 0 Å². The summed E-state index contributed by atoms with van der Waals surface area (Å²) in [6, 6.07) is 3.63. The second-order valence-electron chi connectivity index (χ2n) is 2.99. The fourth-order valence-corrected chi connectivity index (χ4v) is 1.05. The van der Waals surface area contributed by atoms with E-state index in [1.54, 1.807) is 0 Å². The van der Waals surface area contributed by atoms with Crippen LogP contribution in [-0.4, -0.2) is 12.9 Å². The lowest BCUT2D eigenvalue weighted by molar-refractivity contribution is -0.274. The van der Waals surface area contributed by atoms with E-state index in [1.165, 1.54) is 12.1 Å². The number of ether oxygens (including phenoxy) is 1. The first-order valence-electron chi connectivity index (χ1n) is 4.57. The number of hydrogen-bond acceptors (Lipinski definition) is 3. The van der Waals surface area contributed by atoms with Gasteiger partial charge in [0, 0.05) is 10.5 Å². The Balaban J connectivity index is 2.84. The van der Waals surface area contributed by atoms with Crippen molar-refractivity contribution in [2.24, 2.45) is 5.11 Å². The van der Waals surface area contributed by atoms with E-state index >= 15 is 0 Å². The smallest absolute Gasteiger partial charge is 0.404 e. The lowest BCUT2D eigenvalue weighted by Gasteiger charge is -2.10. The minimum Gasteiger partial charge on any atom is -0.404 e.